The first kappa shape index (κ1) is 18.4. The van der Waals surface area contributed by atoms with Crippen LogP contribution in [0.5, 0.6) is 0 Å². The molecule has 1 amide bonds. The topological polar surface area (TPSA) is 61.0 Å². The van der Waals surface area contributed by atoms with Gasteiger partial charge in [-0.2, -0.15) is 0 Å². The van der Waals surface area contributed by atoms with E-state index in [1.165, 1.54) is 22.2 Å². The van der Waals surface area contributed by atoms with E-state index in [1.54, 1.807) is 12.3 Å². The molecule has 3 heterocycles. The van der Waals surface area contributed by atoms with E-state index in [0.717, 1.165) is 24.2 Å². The van der Waals surface area contributed by atoms with E-state index in [-0.39, 0.29) is 5.91 Å². The van der Waals surface area contributed by atoms with E-state index in [1.807, 2.05) is 30.5 Å². The number of amides is 1. The Hall–Kier alpha value is -3.60. The van der Waals surface area contributed by atoms with Crippen LogP contribution < -0.4 is 10.2 Å². The average Bonchev–Trinajstić information content (AvgIpc) is 3.34. The van der Waals surface area contributed by atoms with Gasteiger partial charge in [0, 0.05) is 47.1 Å². The molecule has 0 aliphatic carbocycles. The van der Waals surface area contributed by atoms with Gasteiger partial charge in [-0.25, -0.2) is 4.98 Å². The summed E-state index contributed by atoms with van der Waals surface area (Å²) in [5.74, 6) is 0.746. The van der Waals surface area contributed by atoms with Gasteiger partial charge in [0.25, 0.3) is 5.91 Å². The van der Waals surface area contributed by atoms with Crippen LogP contribution in [0.1, 0.15) is 28.4 Å². The van der Waals surface area contributed by atoms with Crippen LogP contribution in [0.15, 0.2) is 73.1 Å². The number of hydrogen-bond donors (Lipinski definition) is 2. The van der Waals surface area contributed by atoms with Gasteiger partial charge in [-0.15, -0.1) is 0 Å². The second kappa shape index (κ2) is 7.67. The summed E-state index contributed by atoms with van der Waals surface area (Å²) in [4.78, 5) is 22.8. The molecule has 150 valence electrons. The summed E-state index contributed by atoms with van der Waals surface area (Å²) in [6, 6.07) is 20.6. The fourth-order valence-corrected chi connectivity index (χ4v) is 4.36. The number of fused-ring (bicyclic) bond motifs is 2. The predicted octanol–water partition coefficient (Wildman–Crippen LogP) is 4.62. The fraction of sp³-hybridized carbons (Fsp3) is 0.200. The molecule has 30 heavy (non-hydrogen) atoms. The molecule has 0 bridgehead atoms. The second-order valence-corrected chi connectivity index (χ2v) is 7.82. The maximum Gasteiger partial charge on any atom is 0.251 e. The zero-order chi connectivity index (χ0) is 20.5. The summed E-state index contributed by atoms with van der Waals surface area (Å²) < 4.78 is 0. The first-order valence-corrected chi connectivity index (χ1v) is 10.4. The van der Waals surface area contributed by atoms with Gasteiger partial charge in [0.15, 0.2) is 0 Å². The number of aromatic amines is 1. The van der Waals surface area contributed by atoms with E-state index in [0.29, 0.717) is 18.2 Å². The van der Waals surface area contributed by atoms with Crippen LogP contribution in [0, 0.1) is 0 Å². The summed E-state index contributed by atoms with van der Waals surface area (Å²) in [7, 11) is 0. The quantitative estimate of drug-likeness (QED) is 0.518. The number of rotatable bonds is 5. The molecule has 1 unspecified atom stereocenters. The number of carbonyl (C=O) groups is 1. The Balaban J connectivity index is 1.29. The third kappa shape index (κ3) is 3.32. The highest BCUT2D eigenvalue weighted by atomic mass is 16.1. The maximum atomic E-state index is 12.8. The average molecular weight is 396 g/mol. The van der Waals surface area contributed by atoms with Gasteiger partial charge >= 0.3 is 0 Å². The van der Waals surface area contributed by atoms with Crippen molar-refractivity contribution in [1.82, 2.24) is 15.3 Å². The Morgan fingerprint density at radius 1 is 1.17 bits per heavy atom. The Bertz CT molecular complexity index is 1210. The van der Waals surface area contributed by atoms with Crippen LogP contribution in [0.3, 0.4) is 0 Å². The lowest BCUT2D eigenvalue weighted by molar-refractivity contribution is 0.0954. The van der Waals surface area contributed by atoms with Crippen molar-refractivity contribution >= 4 is 28.3 Å². The molecule has 5 nitrogen and oxygen atoms in total. The van der Waals surface area contributed by atoms with Crippen LogP contribution in [0.2, 0.25) is 0 Å². The molecule has 5 heteroatoms. The molecule has 0 radical (unpaired) electrons. The van der Waals surface area contributed by atoms with Crippen molar-refractivity contribution in [2.24, 2.45) is 0 Å². The molecule has 1 aliphatic rings. The number of nitrogens with zero attached hydrogens (tertiary/aromatic N) is 2. The normalized spacial score (nSPS) is 15.4. The highest BCUT2D eigenvalue weighted by Gasteiger charge is 2.28. The number of H-pyrrole nitrogens is 1. The molecule has 1 aliphatic heterocycles. The predicted molar refractivity (Wildman–Crippen MR) is 120 cm³/mol. The van der Waals surface area contributed by atoms with Crippen molar-refractivity contribution in [3.63, 3.8) is 0 Å². The van der Waals surface area contributed by atoms with Crippen molar-refractivity contribution in [3.05, 3.63) is 89.7 Å². The number of carbonyl (C=O) groups excluding carboxylic acids is 1. The Morgan fingerprint density at radius 2 is 2.00 bits per heavy atom. The minimum absolute atomic E-state index is 0.0707. The number of anilines is 2. The number of hydrogen-bond acceptors (Lipinski definition) is 3. The molecule has 0 saturated heterocycles. The van der Waals surface area contributed by atoms with E-state index in [2.05, 4.69) is 57.4 Å². The summed E-state index contributed by atoms with van der Waals surface area (Å²) in [6.45, 7) is 2.77. The van der Waals surface area contributed by atoms with Gasteiger partial charge in [0.05, 0.1) is 0 Å². The van der Waals surface area contributed by atoms with Gasteiger partial charge in [0.1, 0.15) is 5.82 Å². The van der Waals surface area contributed by atoms with Crippen LogP contribution in [0.4, 0.5) is 11.5 Å². The SMILES string of the molecule is CC1Cc2ccccc2N1c1cc(C(=O)NCCc2c[nH]c3ccccc23)ccn1. The van der Waals surface area contributed by atoms with E-state index < -0.39 is 0 Å². The van der Waals surface area contributed by atoms with Crippen LogP contribution >= 0.6 is 0 Å². The zero-order valence-electron chi connectivity index (χ0n) is 16.9. The number of nitrogens with one attached hydrogen (secondary N) is 2. The highest BCUT2D eigenvalue weighted by molar-refractivity contribution is 5.95. The second-order valence-electron chi connectivity index (χ2n) is 7.82. The van der Waals surface area contributed by atoms with Gasteiger partial charge < -0.3 is 15.2 Å². The maximum absolute atomic E-state index is 12.8. The molecule has 0 saturated carbocycles. The monoisotopic (exact) mass is 396 g/mol. The van der Waals surface area contributed by atoms with Gasteiger partial charge in [-0.3, -0.25) is 4.79 Å². The third-order valence-electron chi connectivity index (χ3n) is 5.82. The minimum Gasteiger partial charge on any atom is -0.361 e. The molecule has 5 rings (SSSR count). The first-order valence-electron chi connectivity index (χ1n) is 10.4. The number of aromatic nitrogens is 2. The van der Waals surface area contributed by atoms with E-state index >= 15 is 0 Å². The summed E-state index contributed by atoms with van der Waals surface area (Å²) >= 11 is 0. The molecule has 4 aromatic rings. The van der Waals surface area contributed by atoms with Crippen molar-refractivity contribution < 1.29 is 4.79 Å². The lowest BCUT2D eigenvalue weighted by Gasteiger charge is -2.24. The Kier molecular flexibility index (Phi) is 4.71. The molecule has 2 aromatic carbocycles. The Morgan fingerprint density at radius 3 is 2.93 bits per heavy atom. The summed E-state index contributed by atoms with van der Waals surface area (Å²) in [5, 5.41) is 4.26. The number of para-hydroxylation sites is 2. The van der Waals surface area contributed by atoms with Gasteiger partial charge in [-0.1, -0.05) is 36.4 Å². The lowest BCUT2D eigenvalue weighted by atomic mass is 10.1. The van der Waals surface area contributed by atoms with Crippen molar-refractivity contribution in [3.8, 4) is 0 Å². The molecule has 1 atom stereocenters. The van der Waals surface area contributed by atoms with E-state index in [9.17, 15) is 4.79 Å². The summed E-state index contributed by atoms with van der Waals surface area (Å²) in [5.41, 5.74) is 5.46. The highest BCUT2D eigenvalue weighted by Crippen LogP contribution is 2.37. The van der Waals surface area contributed by atoms with Crippen molar-refractivity contribution in [2.75, 3.05) is 11.4 Å². The first-order chi connectivity index (χ1) is 14.7. The van der Waals surface area contributed by atoms with E-state index in [4.69, 9.17) is 0 Å². The largest absolute Gasteiger partial charge is 0.361 e. The van der Waals surface area contributed by atoms with Crippen LogP contribution in [-0.2, 0) is 12.8 Å². The molecule has 0 fully saturated rings. The van der Waals surface area contributed by atoms with Gasteiger partial charge in [0.2, 0.25) is 0 Å². The van der Waals surface area contributed by atoms with Crippen LogP contribution in [0.25, 0.3) is 10.9 Å². The minimum atomic E-state index is -0.0707. The number of benzene rings is 2. The Labute approximate surface area is 175 Å². The summed E-state index contributed by atoms with van der Waals surface area (Å²) in [6.07, 6.45) is 5.51. The van der Waals surface area contributed by atoms with Crippen molar-refractivity contribution in [1.29, 1.82) is 0 Å². The van der Waals surface area contributed by atoms with Crippen molar-refractivity contribution in [2.45, 2.75) is 25.8 Å². The molecule has 2 aromatic heterocycles. The number of pyridine rings is 1. The van der Waals surface area contributed by atoms with Crippen LogP contribution in [-0.4, -0.2) is 28.5 Å². The standard InChI is InChI=1S/C25H24N4O/c1-17-14-18-6-2-5-9-23(18)29(17)24-15-19(10-12-26-24)25(30)27-13-11-20-16-28-22-8-4-3-7-21(20)22/h2-10,12,15-17,28H,11,13-14H2,1H3,(H,27,30). The molecular formula is C25H24N4O. The smallest absolute Gasteiger partial charge is 0.251 e. The molecule has 2 N–H and O–H groups in total. The lowest BCUT2D eigenvalue weighted by Crippen LogP contribution is -2.27. The zero-order valence-corrected chi connectivity index (χ0v) is 16.9. The molecular weight excluding hydrogens is 372 g/mol. The van der Waals surface area contributed by atoms with Gasteiger partial charge in [-0.05, 0) is 55.2 Å². The molecule has 0 spiro atoms. The fourth-order valence-electron chi connectivity index (χ4n) is 4.36. The third-order valence-corrected chi connectivity index (χ3v) is 5.82.